The molecule has 0 N–H and O–H groups in total. The highest BCUT2D eigenvalue weighted by molar-refractivity contribution is 5.79. The minimum Gasteiger partial charge on any atom is -0.441 e. The molecule has 39 heavy (non-hydrogen) atoms. The number of hydrogen-bond acceptors (Lipinski definition) is 8. The van der Waals surface area contributed by atoms with E-state index in [1.54, 1.807) is 4.90 Å². The Kier molecular flexibility index (Phi) is 7.18. The summed E-state index contributed by atoms with van der Waals surface area (Å²) in [4.78, 5) is 23.9. The maximum atomic E-state index is 12.4. The van der Waals surface area contributed by atoms with Crippen molar-refractivity contribution < 1.29 is 19.0 Å². The van der Waals surface area contributed by atoms with Crippen molar-refractivity contribution in [2.45, 2.75) is 44.4 Å². The second-order valence-corrected chi connectivity index (χ2v) is 11.1. The number of ether oxygens (including phenoxy) is 3. The van der Waals surface area contributed by atoms with Crippen LogP contribution >= 0.6 is 0 Å². The molecule has 0 radical (unpaired) electrons. The molecule has 3 aliphatic rings. The van der Waals surface area contributed by atoms with Crippen molar-refractivity contribution in [2.75, 3.05) is 64.5 Å². The predicted octanol–water partition coefficient (Wildman–Crippen LogP) is 3.40. The molecule has 0 spiro atoms. The fraction of sp³-hybridized carbons (Fsp3) is 0.552. The lowest BCUT2D eigenvalue weighted by atomic mass is 9.85. The first-order valence-corrected chi connectivity index (χ1v) is 14.0. The Morgan fingerprint density at radius 1 is 1.13 bits per heavy atom. The summed E-state index contributed by atoms with van der Waals surface area (Å²) in [5, 5.41) is 4.55. The van der Waals surface area contributed by atoms with E-state index in [0.717, 1.165) is 67.0 Å². The number of fused-ring (bicyclic) bond motifs is 1. The number of piperazine rings is 1. The van der Waals surface area contributed by atoms with Gasteiger partial charge in [-0.3, -0.25) is 9.88 Å². The van der Waals surface area contributed by atoms with Gasteiger partial charge in [0.05, 0.1) is 30.1 Å². The number of carbonyl (C=O) groups excluding carboxylic acids is 1. The molecule has 0 aromatic carbocycles. The van der Waals surface area contributed by atoms with Crippen LogP contribution in [-0.2, 0) is 19.8 Å². The Balaban J connectivity index is 1.18. The van der Waals surface area contributed by atoms with Gasteiger partial charge >= 0.3 is 6.09 Å². The quantitative estimate of drug-likeness (QED) is 0.476. The highest BCUT2D eigenvalue weighted by Crippen LogP contribution is 2.36. The van der Waals surface area contributed by atoms with Gasteiger partial charge in [-0.15, -0.1) is 0 Å². The third kappa shape index (κ3) is 5.08. The molecule has 208 valence electrons. The smallest absolute Gasteiger partial charge is 0.410 e. The largest absolute Gasteiger partial charge is 0.441 e. The van der Waals surface area contributed by atoms with Crippen molar-refractivity contribution in [1.82, 2.24) is 24.4 Å². The van der Waals surface area contributed by atoms with Gasteiger partial charge in [-0.1, -0.05) is 6.07 Å². The third-order valence-electron chi connectivity index (χ3n) is 8.43. The second kappa shape index (κ2) is 10.7. The molecule has 1 amide bonds. The van der Waals surface area contributed by atoms with Gasteiger partial charge < -0.3 is 24.0 Å². The van der Waals surface area contributed by atoms with Crippen LogP contribution in [-0.4, -0.2) is 102 Å². The van der Waals surface area contributed by atoms with Crippen LogP contribution in [0.4, 0.5) is 10.5 Å². The standard InChI is InChI=1S/C29H38N6O4/c1-21(2)34-10-4-8-29(20-34,37-3)23-5-6-25(30-16-23)22-15-27-26(7-9-31-35(27)17-22)32-11-13-33(14-12-32)28(36)39-24-18-38-19-24/h5-7,9,15-17,21,24H,4,8,10-14,18-20H2,1-3H3/t29-/m1/s1. The molecular formula is C29H38N6O4. The number of methoxy groups -OCH3 is 1. The minimum absolute atomic E-state index is 0.102. The number of amides is 1. The van der Waals surface area contributed by atoms with Crippen molar-refractivity contribution in [3.63, 3.8) is 0 Å². The zero-order valence-electron chi connectivity index (χ0n) is 23.1. The van der Waals surface area contributed by atoms with Crippen LogP contribution in [0.1, 0.15) is 32.3 Å². The van der Waals surface area contributed by atoms with Gasteiger partial charge in [0.25, 0.3) is 0 Å². The maximum absolute atomic E-state index is 12.4. The molecule has 0 saturated carbocycles. The van der Waals surface area contributed by atoms with Gasteiger partial charge in [-0.25, -0.2) is 9.31 Å². The average Bonchev–Trinajstić information content (AvgIpc) is 3.40. The number of hydrogen-bond donors (Lipinski definition) is 0. The molecule has 0 aliphatic carbocycles. The van der Waals surface area contributed by atoms with Crippen LogP contribution in [0.3, 0.4) is 0 Å². The maximum Gasteiger partial charge on any atom is 0.410 e. The van der Waals surface area contributed by atoms with Crippen molar-refractivity contribution >= 4 is 17.3 Å². The molecule has 6 heterocycles. The topological polar surface area (TPSA) is 84.7 Å². The van der Waals surface area contributed by atoms with Gasteiger partial charge in [-0.2, -0.15) is 5.10 Å². The number of nitrogens with zero attached hydrogens (tertiary/aromatic N) is 6. The summed E-state index contributed by atoms with van der Waals surface area (Å²) in [6.45, 7) is 10.2. The Hall–Kier alpha value is -3.21. The van der Waals surface area contributed by atoms with Crippen LogP contribution < -0.4 is 4.90 Å². The zero-order chi connectivity index (χ0) is 27.0. The van der Waals surface area contributed by atoms with Crippen LogP contribution in [0, 0.1) is 0 Å². The van der Waals surface area contributed by atoms with Crippen molar-refractivity contribution in [3.05, 3.63) is 48.4 Å². The van der Waals surface area contributed by atoms with Crippen molar-refractivity contribution in [3.8, 4) is 11.3 Å². The second-order valence-electron chi connectivity index (χ2n) is 11.1. The van der Waals surface area contributed by atoms with Crippen LogP contribution in [0.25, 0.3) is 16.8 Å². The van der Waals surface area contributed by atoms with Gasteiger partial charge in [0.15, 0.2) is 6.10 Å². The first-order chi connectivity index (χ1) is 19.0. The van der Waals surface area contributed by atoms with Crippen LogP contribution in [0.15, 0.2) is 42.9 Å². The van der Waals surface area contributed by atoms with Gasteiger partial charge in [0.2, 0.25) is 0 Å². The molecule has 3 fully saturated rings. The highest BCUT2D eigenvalue weighted by atomic mass is 16.6. The summed E-state index contributed by atoms with van der Waals surface area (Å²) in [7, 11) is 1.82. The number of anilines is 1. The molecule has 3 aliphatic heterocycles. The normalized spacial score (nSPS) is 22.9. The molecule has 1 atom stereocenters. The fourth-order valence-corrected chi connectivity index (χ4v) is 5.89. The number of aromatic nitrogens is 3. The SMILES string of the molecule is CO[C@]1(c2ccc(-c3cc4c(N5CCN(C(=O)OC6COC6)CC5)ccnn4c3)nc2)CCCN(C(C)C)C1. The van der Waals surface area contributed by atoms with Crippen molar-refractivity contribution in [2.24, 2.45) is 0 Å². The summed E-state index contributed by atoms with van der Waals surface area (Å²) in [5.41, 5.74) is 4.85. The van der Waals surface area contributed by atoms with E-state index in [-0.39, 0.29) is 17.8 Å². The lowest BCUT2D eigenvalue weighted by Gasteiger charge is -2.43. The Bertz CT molecular complexity index is 1300. The van der Waals surface area contributed by atoms with E-state index in [2.05, 4.69) is 46.9 Å². The molecule has 3 aromatic heterocycles. The van der Waals surface area contributed by atoms with E-state index in [4.69, 9.17) is 19.2 Å². The fourth-order valence-electron chi connectivity index (χ4n) is 5.89. The predicted molar refractivity (Wildman–Crippen MR) is 148 cm³/mol. The summed E-state index contributed by atoms with van der Waals surface area (Å²) >= 11 is 0. The molecule has 0 unspecified atom stereocenters. The van der Waals surface area contributed by atoms with Gasteiger partial charge in [0, 0.05) is 75.6 Å². The van der Waals surface area contributed by atoms with Crippen LogP contribution in [0.5, 0.6) is 0 Å². The molecule has 6 rings (SSSR count). The molecule has 10 nitrogen and oxygen atoms in total. The summed E-state index contributed by atoms with van der Waals surface area (Å²) in [6, 6.07) is 8.94. The van der Waals surface area contributed by atoms with Crippen LogP contribution in [0.2, 0.25) is 0 Å². The lowest BCUT2D eigenvalue weighted by molar-refractivity contribution is -0.104. The third-order valence-corrected chi connectivity index (χ3v) is 8.43. The minimum atomic E-state index is -0.325. The number of piperidine rings is 1. The first-order valence-electron chi connectivity index (χ1n) is 14.0. The molecule has 3 aromatic rings. The van der Waals surface area contributed by atoms with Gasteiger partial charge in [-0.05, 0) is 51.4 Å². The number of pyridine rings is 1. The number of carbonyl (C=O) groups is 1. The average molecular weight is 535 g/mol. The Morgan fingerprint density at radius 3 is 2.62 bits per heavy atom. The van der Waals surface area contributed by atoms with E-state index in [1.807, 2.05) is 36.3 Å². The summed E-state index contributed by atoms with van der Waals surface area (Å²) in [5.74, 6) is 0. The van der Waals surface area contributed by atoms with E-state index < -0.39 is 0 Å². The molecular weight excluding hydrogens is 496 g/mol. The highest BCUT2D eigenvalue weighted by Gasteiger charge is 2.38. The molecule has 3 saturated heterocycles. The Labute approximate surface area is 229 Å². The lowest BCUT2D eigenvalue weighted by Crippen LogP contribution is -2.51. The molecule has 10 heteroatoms. The van der Waals surface area contributed by atoms with E-state index in [1.165, 1.54) is 0 Å². The van der Waals surface area contributed by atoms with E-state index in [9.17, 15) is 4.79 Å². The van der Waals surface area contributed by atoms with Gasteiger partial charge in [0.1, 0.15) is 5.60 Å². The summed E-state index contributed by atoms with van der Waals surface area (Å²) < 4.78 is 18.6. The number of likely N-dealkylation sites (tertiary alicyclic amines) is 1. The number of rotatable bonds is 6. The van der Waals surface area contributed by atoms with E-state index in [0.29, 0.717) is 32.3 Å². The zero-order valence-corrected chi connectivity index (χ0v) is 23.1. The van der Waals surface area contributed by atoms with Crippen molar-refractivity contribution in [1.29, 1.82) is 0 Å². The Morgan fingerprint density at radius 2 is 1.95 bits per heavy atom. The van der Waals surface area contributed by atoms with E-state index >= 15 is 0 Å². The monoisotopic (exact) mass is 534 g/mol. The summed E-state index contributed by atoms with van der Waals surface area (Å²) in [6.07, 6.45) is 7.59. The first kappa shape index (κ1) is 26.0. The molecule has 0 bridgehead atoms.